The molecule has 0 bridgehead atoms. The summed E-state index contributed by atoms with van der Waals surface area (Å²) in [4.78, 5) is 36.2. The fraction of sp³-hybridized carbons (Fsp3) is 0.148. The van der Waals surface area contributed by atoms with Crippen LogP contribution in [0, 0.1) is 17.3 Å². The van der Waals surface area contributed by atoms with Gasteiger partial charge in [-0.25, -0.2) is 0 Å². The molecule has 0 aromatic heterocycles. The van der Waals surface area contributed by atoms with E-state index >= 15 is 0 Å². The van der Waals surface area contributed by atoms with Gasteiger partial charge in [0.1, 0.15) is 11.2 Å². The van der Waals surface area contributed by atoms with Crippen LogP contribution in [0.4, 0.5) is 5.69 Å². The van der Waals surface area contributed by atoms with E-state index in [1.807, 2.05) is 6.07 Å². The Balaban J connectivity index is 1.61. The molecule has 0 aliphatic rings. The lowest BCUT2D eigenvalue weighted by Crippen LogP contribution is -2.21. The molecule has 0 aliphatic carbocycles. The molecule has 0 heterocycles. The number of benzene rings is 3. The van der Waals surface area contributed by atoms with Gasteiger partial charge in [0.2, 0.25) is 0 Å². The third-order valence-electron chi connectivity index (χ3n) is 4.75. The molecule has 2 N–H and O–H groups in total. The standard InChI is InChI=1S/C27H23NO5/c1-27(2,26(31)32)17-16-19-12-14-21(15-13-19)28-24(29)18-33-23-11-7-6-10-22(23)25(30)20-8-4-3-5-9-20/h3-15H,18H2,1-2H3,(H,28,29)(H,31,32). The quantitative estimate of drug-likeness (QED) is 0.419. The van der Waals surface area contributed by atoms with Gasteiger partial charge in [0.25, 0.3) is 5.91 Å². The van der Waals surface area contributed by atoms with E-state index in [9.17, 15) is 14.4 Å². The lowest BCUT2D eigenvalue weighted by molar-refractivity contribution is -0.143. The first-order valence-electron chi connectivity index (χ1n) is 10.2. The van der Waals surface area contributed by atoms with Gasteiger partial charge in [-0.15, -0.1) is 0 Å². The number of hydrogen-bond acceptors (Lipinski definition) is 4. The summed E-state index contributed by atoms with van der Waals surface area (Å²) in [5.74, 6) is 4.30. The SMILES string of the molecule is CC(C)(C#Cc1ccc(NC(=O)COc2ccccc2C(=O)c2ccccc2)cc1)C(=O)O. The summed E-state index contributed by atoms with van der Waals surface area (Å²) in [6.07, 6.45) is 0. The molecule has 6 nitrogen and oxygen atoms in total. The molecule has 0 radical (unpaired) electrons. The van der Waals surface area contributed by atoms with Crippen molar-refractivity contribution in [2.45, 2.75) is 13.8 Å². The van der Waals surface area contributed by atoms with Gasteiger partial charge in [0, 0.05) is 16.8 Å². The minimum atomic E-state index is -1.15. The van der Waals surface area contributed by atoms with Crippen LogP contribution in [-0.4, -0.2) is 29.4 Å². The molecule has 1 amide bonds. The van der Waals surface area contributed by atoms with Crippen LogP contribution in [0.15, 0.2) is 78.9 Å². The molecular weight excluding hydrogens is 418 g/mol. The molecule has 6 heteroatoms. The van der Waals surface area contributed by atoms with Crippen LogP contribution < -0.4 is 10.1 Å². The molecule has 3 rings (SSSR count). The normalized spacial score (nSPS) is 10.5. The minimum Gasteiger partial charge on any atom is -0.483 e. The third-order valence-corrected chi connectivity index (χ3v) is 4.75. The summed E-state index contributed by atoms with van der Waals surface area (Å²) < 4.78 is 5.63. The topological polar surface area (TPSA) is 92.7 Å². The van der Waals surface area contributed by atoms with Gasteiger partial charge >= 0.3 is 5.97 Å². The highest BCUT2D eigenvalue weighted by atomic mass is 16.5. The molecule has 0 atom stereocenters. The molecule has 3 aromatic carbocycles. The highest BCUT2D eigenvalue weighted by Gasteiger charge is 2.23. The number of carboxylic acids is 1. The van der Waals surface area contributed by atoms with Crippen LogP contribution in [0.25, 0.3) is 0 Å². The number of para-hydroxylation sites is 1. The van der Waals surface area contributed by atoms with Crippen LogP contribution in [-0.2, 0) is 9.59 Å². The smallest absolute Gasteiger partial charge is 0.321 e. The zero-order valence-electron chi connectivity index (χ0n) is 18.3. The lowest BCUT2D eigenvalue weighted by Gasteiger charge is -2.11. The van der Waals surface area contributed by atoms with E-state index in [0.717, 1.165) is 0 Å². The number of carbonyl (C=O) groups is 3. The van der Waals surface area contributed by atoms with Crippen LogP contribution in [0.5, 0.6) is 5.75 Å². The maximum atomic E-state index is 12.8. The molecule has 0 unspecified atom stereocenters. The number of ether oxygens (including phenoxy) is 1. The summed E-state index contributed by atoms with van der Waals surface area (Å²) in [5.41, 5.74) is 0.937. The van der Waals surface area contributed by atoms with E-state index in [1.54, 1.807) is 72.8 Å². The van der Waals surface area contributed by atoms with Gasteiger partial charge in [-0.05, 0) is 50.2 Å². The molecule has 33 heavy (non-hydrogen) atoms. The second-order valence-electron chi connectivity index (χ2n) is 7.79. The summed E-state index contributed by atoms with van der Waals surface area (Å²) in [6.45, 7) is 2.79. The van der Waals surface area contributed by atoms with Crippen LogP contribution in [0.1, 0.15) is 35.3 Å². The maximum absolute atomic E-state index is 12.8. The van der Waals surface area contributed by atoms with Crippen molar-refractivity contribution in [3.8, 4) is 17.6 Å². The number of aliphatic carboxylic acids is 1. The van der Waals surface area contributed by atoms with Crippen LogP contribution >= 0.6 is 0 Å². The average molecular weight is 441 g/mol. The second kappa shape index (κ2) is 10.3. The predicted octanol–water partition coefficient (Wildman–Crippen LogP) is 4.40. The summed E-state index contributed by atoms with van der Waals surface area (Å²) in [5, 5.41) is 11.8. The van der Waals surface area contributed by atoms with Crippen molar-refractivity contribution >= 4 is 23.3 Å². The number of amides is 1. The van der Waals surface area contributed by atoms with Gasteiger partial charge in [-0.2, -0.15) is 0 Å². The number of nitrogens with one attached hydrogen (secondary N) is 1. The van der Waals surface area contributed by atoms with Crippen molar-refractivity contribution in [2.24, 2.45) is 5.41 Å². The van der Waals surface area contributed by atoms with E-state index in [-0.39, 0.29) is 18.3 Å². The third kappa shape index (κ3) is 6.31. The summed E-state index contributed by atoms with van der Waals surface area (Å²) in [6, 6.07) is 22.4. The van der Waals surface area contributed by atoms with E-state index < -0.39 is 11.4 Å². The minimum absolute atomic E-state index is 0.186. The predicted molar refractivity (Wildman–Crippen MR) is 125 cm³/mol. The van der Waals surface area contributed by atoms with Gasteiger partial charge in [0.05, 0.1) is 5.56 Å². The van der Waals surface area contributed by atoms with E-state index in [4.69, 9.17) is 9.84 Å². The van der Waals surface area contributed by atoms with Crippen molar-refractivity contribution in [3.05, 3.63) is 95.6 Å². The number of hydrogen-bond donors (Lipinski definition) is 2. The molecule has 166 valence electrons. The molecular formula is C27H23NO5. The first-order valence-corrected chi connectivity index (χ1v) is 10.2. The van der Waals surface area contributed by atoms with E-state index in [2.05, 4.69) is 17.2 Å². The Morgan fingerprint density at radius 3 is 2.21 bits per heavy atom. The number of carbonyl (C=O) groups excluding carboxylic acids is 2. The molecule has 0 aliphatic heterocycles. The fourth-order valence-electron chi connectivity index (χ4n) is 2.78. The Morgan fingerprint density at radius 2 is 1.55 bits per heavy atom. The van der Waals surface area contributed by atoms with Crippen molar-refractivity contribution in [2.75, 3.05) is 11.9 Å². The largest absolute Gasteiger partial charge is 0.483 e. The fourth-order valence-corrected chi connectivity index (χ4v) is 2.78. The van der Waals surface area contributed by atoms with Crippen molar-refractivity contribution in [1.82, 2.24) is 0 Å². The van der Waals surface area contributed by atoms with E-state index in [0.29, 0.717) is 28.1 Å². The Hall–Kier alpha value is -4.37. The first-order chi connectivity index (χ1) is 15.8. The van der Waals surface area contributed by atoms with Crippen molar-refractivity contribution < 1.29 is 24.2 Å². The lowest BCUT2D eigenvalue weighted by atomic mass is 9.94. The number of ketones is 1. The molecule has 0 fully saturated rings. The first kappa shape index (κ1) is 23.3. The van der Waals surface area contributed by atoms with Gasteiger partial charge in [0.15, 0.2) is 12.4 Å². The Labute approximate surface area is 192 Å². The Bertz CT molecular complexity index is 1220. The maximum Gasteiger partial charge on any atom is 0.321 e. The molecule has 3 aromatic rings. The van der Waals surface area contributed by atoms with Gasteiger partial charge < -0.3 is 15.2 Å². The van der Waals surface area contributed by atoms with Crippen molar-refractivity contribution in [1.29, 1.82) is 0 Å². The van der Waals surface area contributed by atoms with E-state index in [1.165, 1.54) is 13.8 Å². The average Bonchev–Trinajstić information content (AvgIpc) is 2.82. The molecule has 0 spiro atoms. The van der Waals surface area contributed by atoms with Crippen LogP contribution in [0.2, 0.25) is 0 Å². The number of rotatable bonds is 7. The number of carboxylic acid groups (broad SMARTS) is 1. The van der Waals surface area contributed by atoms with Gasteiger partial charge in [-0.1, -0.05) is 54.3 Å². The summed E-state index contributed by atoms with van der Waals surface area (Å²) in [7, 11) is 0. The second-order valence-corrected chi connectivity index (χ2v) is 7.79. The summed E-state index contributed by atoms with van der Waals surface area (Å²) >= 11 is 0. The highest BCUT2D eigenvalue weighted by molar-refractivity contribution is 6.10. The molecule has 0 saturated carbocycles. The Morgan fingerprint density at radius 1 is 0.909 bits per heavy atom. The monoisotopic (exact) mass is 441 g/mol. The van der Waals surface area contributed by atoms with Crippen molar-refractivity contribution in [3.63, 3.8) is 0 Å². The van der Waals surface area contributed by atoms with Crippen LogP contribution in [0.3, 0.4) is 0 Å². The molecule has 0 saturated heterocycles. The Kier molecular flexibility index (Phi) is 7.27. The zero-order valence-corrected chi connectivity index (χ0v) is 18.3. The number of anilines is 1. The van der Waals surface area contributed by atoms with Gasteiger partial charge in [-0.3, -0.25) is 14.4 Å². The highest BCUT2D eigenvalue weighted by Crippen LogP contribution is 2.22. The zero-order chi connectivity index (χ0) is 23.8.